The number of amides is 1. The summed E-state index contributed by atoms with van der Waals surface area (Å²) in [6.45, 7) is 3.18. The van der Waals surface area contributed by atoms with E-state index in [4.69, 9.17) is 5.73 Å². The van der Waals surface area contributed by atoms with Crippen molar-refractivity contribution in [3.05, 3.63) is 0 Å². The molecule has 0 aromatic heterocycles. The molecule has 4 nitrogen and oxygen atoms in total. The van der Waals surface area contributed by atoms with Crippen molar-refractivity contribution in [2.45, 2.75) is 44.2 Å². The molecule has 0 aromatic rings. The zero-order valence-corrected chi connectivity index (χ0v) is 10.4. The first kappa shape index (κ1) is 11.5. The summed E-state index contributed by atoms with van der Waals surface area (Å²) < 4.78 is 0. The largest absolute Gasteiger partial charge is 0.368 e. The van der Waals surface area contributed by atoms with Gasteiger partial charge in [-0.1, -0.05) is 6.42 Å². The minimum absolute atomic E-state index is 0.138. The molecule has 0 radical (unpaired) electrons. The highest BCUT2D eigenvalue weighted by atomic mass is 16.1. The quantitative estimate of drug-likeness (QED) is 0.724. The number of fused-ring (bicyclic) bond motifs is 1. The standard InChI is InChI=1S/C13H23N3O/c14-13(17)12(15-11-4-5-11)8-16-6-9-2-1-3-10(9)7-16/h9-12,15H,1-8H2,(H2,14,17). The fourth-order valence-electron chi connectivity index (χ4n) is 3.50. The van der Waals surface area contributed by atoms with Gasteiger partial charge in [0.25, 0.3) is 0 Å². The van der Waals surface area contributed by atoms with E-state index in [2.05, 4.69) is 10.2 Å². The molecule has 0 spiro atoms. The molecule has 1 aliphatic heterocycles. The number of nitrogens with zero attached hydrogens (tertiary/aromatic N) is 1. The van der Waals surface area contributed by atoms with E-state index in [1.54, 1.807) is 0 Å². The second-order valence-corrected chi connectivity index (χ2v) is 6.07. The van der Waals surface area contributed by atoms with Crippen LogP contribution in [0.5, 0.6) is 0 Å². The number of nitrogens with one attached hydrogen (secondary N) is 1. The molecule has 1 saturated heterocycles. The molecule has 1 amide bonds. The van der Waals surface area contributed by atoms with Crippen molar-refractivity contribution in [3.8, 4) is 0 Å². The lowest BCUT2D eigenvalue weighted by atomic mass is 10.0. The zero-order valence-electron chi connectivity index (χ0n) is 10.4. The Kier molecular flexibility index (Phi) is 3.09. The monoisotopic (exact) mass is 237 g/mol. The van der Waals surface area contributed by atoms with Gasteiger partial charge in [0.1, 0.15) is 0 Å². The zero-order chi connectivity index (χ0) is 11.8. The molecule has 3 aliphatic rings. The molecule has 3 atom stereocenters. The summed E-state index contributed by atoms with van der Waals surface area (Å²) in [7, 11) is 0. The summed E-state index contributed by atoms with van der Waals surface area (Å²) >= 11 is 0. The minimum Gasteiger partial charge on any atom is -0.368 e. The Hall–Kier alpha value is -0.610. The van der Waals surface area contributed by atoms with Gasteiger partial charge in [0, 0.05) is 25.7 Å². The Morgan fingerprint density at radius 1 is 1.24 bits per heavy atom. The predicted molar refractivity (Wildman–Crippen MR) is 66.4 cm³/mol. The third kappa shape index (κ3) is 2.63. The Labute approximate surface area is 103 Å². The minimum atomic E-state index is -0.186. The van der Waals surface area contributed by atoms with Crippen LogP contribution in [0, 0.1) is 11.8 Å². The lowest BCUT2D eigenvalue weighted by molar-refractivity contribution is -0.120. The van der Waals surface area contributed by atoms with Gasteiger partial charge in [0.2, 0.25) is 5.91 Å². The van der Waals surface area contributed by atoms with Crippen molar-refractivity contribution in [2.24, 2.45) is 17.6 Å². The molecule has 2 aliphatic carbocycles. The Balaban J connectivity index is 1.52. The molecule has 0 aromatic carbocycles. The van der Waals surface area contributed by atoms with Gasteiger partial charge in [-0.15, -0.1) is 0 Å². The first-order valence-corrected chi connectivity index (χ1v) is 7.00. The molecule has 3 N–H and O–H groups in total. The maximum absolute atomic E-state index is 11.4. The summed E-state index contributed by atoms with van der Waals surface area (Å²) in [5.41, 5.74) is 5.48. The molecule has 3 rings (SSSR count). The van der Waals surface area contributed by atoms with Crippen LogP contribution in [0.2, 0.25) is 0 Å². The topological polar surface area (TPSA) is 58.4 Å². The van der Waals surface area contributed by atoms with Gasteiger partial charge in [-0.2, -0.15) is 0 Å². The fourth-order valence-corrected chi connectivity index (χ4v) is 3.50. The normalized spacial score (nSPS) is 34.8. The number of primary amides is 1. The van der Waals surface area contributed by atoms with Crippen molar-refractivity contribution in [1.29, 1.82) is 0 Å². The Morgan fingerprint density at radius 2 is 1.88 bits per heavy atom. The second kappa shape index (κ2) is 4.58. The van der Waals surface area contributed by atoms with Gasteiger partial charge in [-0.25, -0.2) is 0 Å². The van der Waals surface area contributed by atoms with Gasteiger partial charge >= 0.3 is 0 Å². The van der Waals surface area contributed by atoms with Crippen LogP contribution in [0.15, 0.2) is 0 Å². The van der Waals surface area contributed by atoms with Crippen molar-refractivity contribution in [2.75, 3.05) is 19.6 Å². The second-order valence-electron chi connectivity index (χ2n) is 6.07. The van der Waals surface area contributed by atoms with Gasteiger partial charge < -0.3 is 16.0 Å². The Bertz CT molecular complexity index is 291. The van der Waals surface area contributed by atoms with Gasteiger partial charge in [-0.05, 0) is 37.5 Å². The smallest absolute Gasteiger partial charge is 0.235 e. The van der Waals surface area contributed by atoms with Crippen molar-refractivity contribution < 1.29 is 4.79 Å². The van der Waals surface area contributed by atoms with Crippen LogP contribution < -0.4 is 11.1 Å². The lowest BCUT2D eigenvalue weighted by Gasteiger charge is -2.23. The molecule has 2 saturated carbocycles. The summed E-state index contributed by atoms with van der Waals surface area (Å²) in [5.74, 6) is 1.60. The van der Waals surface area contributed by atoms with E-state index < -0.39 is 0 Å². The van der Waals surface area contributed by atoms with Crippen molar-refractivity contribution in [1.82, 2.24) is 10.2 Å². The fraction of sp³-hybridized carbons (Fsp3) is 0.923. The van der Waals surface area contributed by atoms with Crippen LogP contribution in [0.4, 0.5) is 0 Å². The van der Waals surface area contributed by atoms with Gasteiger partial charge in [-0.3, -0.25) is 4.79 Å². The van der Waals surface area contributed by atoms with Gasteiger partial charge in [0.15, 0.2) is 0 Å². The number of hydrogen-bond donors (Lipinski definition) is 2. The molecule has 1 heterocycles. The maximum Gasteiger partial charge on any atom is 0.235 e. The molecule has 3 fully saturated rings. The number of carbonyl (C=O) groups excluding carboxylic acids is 1. The van der Waals surface area contributed by atoms with Crippen LogP contribution >= 0.6 is 0 Å². The van der Waals surface area contributed by atoms with Crippen LogP contribution in [0.1, 0.15) is 32.1 Å². The number of likely N-dealkylation sites (tertiary alicyclic amines) is 1. The highest BCUT2D eigenvalue weighted by Crippen LogP contribution is 2.37. The molecular weight excluding hydrogens is 214 g/mol. The molecule has 17 heavy (non-hydrogen) atoms. The molecule has 96 valence electrons. The predicted octanol–water partition coefficient (Wildman–Crippen LogP) is 0.324. The maximum atomic E-state index is 11.4. The average Bonchev–Trinajstić information content (AvgIpc) is 2.83. The van der Waals surface area contributed by atoms with E-state index in [1.807, 2.05) is 0 Å². The van der Waals surface area contributed by atoms with E-state index in [9.17, 15) is 4.79 Å². The SMILES string of the molecule is NC(=O)C(CN1CC2CCCC2C1)NC1CC1. The van der Waals surface area contributed by atoms with Crippen molar-refractivity contribution in [3.63, 3.8) is 0 Å². The summed E-state index contributed by atoms with van der Waals surface area (Å²) in [6.07, 6.45) is 6.59. The Morgan fingerprint density at radius 3 is 2.41 bits per heavy atom. The highest BCUT2D eigenvalue weighted by molar-refractivity contribution is 5.80. The average molecular weight is 237 g/mol. The van der Waals surface area contributed by atoms with Crippen LogP contribution in [0.3, 0.4) is 0 Å². The van der Waals surface area contributed by atoms with E-state index in [0.29, 0.717) is 6.04 Å². The summed E-state index contributed by atoms with van der Waals surface area (Å²) in [6, 6.07) is 0.413. The summed E-state index contributed by atoms with van der Waals surface area (Å²) in [5, 5.41) is 3.37. The van der Waals surface area contributed by atoms with Crippen LogP contribution in [-0.4, -0.2) is 42.5 Å². The number of nitrogens with two attached hydrogens (primary N) is 1. The van der Waals surface area contributed by atoms with Crippen LogP contribution in [0.25, 0.3) is 0 Å². The number of rotatable bonds is 5. The van der Waals surface area contributed by atoms with Crippen LogP contribution in [-0.2, 0) is 4.79 Å². The third-order valence-corrected chi connectivity index (χ3v) is 4.60. The van der Waals surface area contributed by atoms with Crippen molar-refractivity contribution >= 4 is 5.91 Å². The first-order chi connectivity index (χ1) is 8.22. The molecule has 0 bridgehead atoms. The molecule has 4 heteroatoms. The highest BCUT2D eigenvalue weighted by Gasteiger charge is 2.37. The van der Waals surface area contributed by atoms with E-state index in [-0.39, 0.29) is 11.9 Å². The number of hydrogen-bond acceptors (Lipinski definition) is 3. The molecular formula is C13H23N3O. The van der Waals surface area contributed by atoms with Gasteiger partial charge in [0.05, 0.1) is 6.04 Å². The molecule has 3 unspecified atom stereocenters. The van der Waals surface area contributed by atoms with E-state index in [1.165, 1.54) is 45.2 Å². The number of carbonyl (C=O) groups is 1. The summed E-state index contributed by atoms with van der Waals surface area (Å²) in [4.78, 5) is 13.9. The third-order valence-electron chi connectivity index (χ3n) is 4.60. The van der Waals surface area contributed by atoms with E-state index in [0.717, 1.165) is 18.4 Å². The van der Waals surface area contributed by atoms with E-state index >= 15 is 0 Å². The first-order valence-electron chi connectivity index (χ1n) is 7.00. The lowest BCUT2D eigenvalue weighted by Crippen LogP contribution is -2.49.